The molecular weight excluding hydrogens is 392 g/mol. The molecule has 21 heavy (non-hydrogen) atoms. The van der Waals surface area contributed by atoms with Gasteiger partial charge in [0.15, 0.2) is 0 Å². The summed E-state index contributed by atoms with van der Waals surface area (Å²) in [7, 11) is 0. The summed E-state index contributed by atoms with van der Waals surface area (Å²) in [6.07, 6.45) is -4.66. The van der Waals surface area contributed by atoms with Crippen molar-refractivity contribution in [1.29, 1.82) is 0 Å². The summed E-state index contributed by atoms with van der Waals surface area (Å²) in [6.45, 7) is 0. The number of pyridine rings is 1. The number of hydrogen-bond donors (Lipinski definition) is 0. The Bertz CT molecular complexity index is 692. The number of nitrogens with zero attached hydrogens (tertiary/aromatic N) is 1. The normalized spacial score (nSPS) is 11.8. The highest BCUT2D eigenvalue weighted by Crippen LogP contribution is 2.43. The maximum Gasteiger partial charge on any atom is 0.433 e. The monoisotopic (exact) mass is 393 g/mol. The van der Waals surface area contributed by atoms with Crippen LogP contribution in [0, 0.1) is 0 Å². The third-order valence-corrected chi connectivity index (χ3v) is 4.10. The van der Waals surface area contributed by atoms with Gasteiger partial charge in [0.2, 0.25) is 0 Å². The first-order valence-electron chi connectivity index (χ1n) is 5.19. The van der Waals surface area contributed by atoms with Crippen molar-refractivity contribution in [3.8, 4) is 11.1 Å². The van der Waals surface area contributed by atoms with Gasteiger partial charge in [-0.3, -0.25) is 0 Å². The first-order valence-corrected chi connectivity index (χ1v) is 7.08. The van der Waals surface area contributed by atoms with Gasteiger partial charge in [0, 0.05) is 11.1 Å². The molecule has 0 atom stereocenters. The number of hydrogen-bond acceptors (Lipinski definition) is 1. The maximum absolute atomic E-state index is 12.6. The highest BCUT2D eigenvalue weighted by molar-refractivity contribution is 6.45. The number of benzene rings is 1. The van der Waals surface area contributed by atoms with E-state index in [-0.39, 0.29) is 31.2 Å². The lowest BCUT2D eigenvalue weighted by Crippen LogP contribution is -2.08. The molecule has 0 aliphatic carbocycles. The first-order chi connectivity index (χ1) is 9.61. The van der Waals surface area contributed by atoms with E-state index in [0.29, 0.717) is 6.07 Å². The Morgan fingerprint density at radius 3 is 1.86 bits per heavy atom. The van der Waals surface area contributed by atoms with Gasteiger partial charge in [0.25, 0.3) is 0 Å². The predicted octanol–water partition coefficient (Wildman–Crippen LogP) is 7.03. The minimum Gasteiger partial charge on any atom is -0.231 e. The average molecular weight is 395 g/mol. The molecular formula is C12H3Cl5F3N. The molecule has 0 radical (unpaired) electrons. The van der Waals surface area contributed by atoms with Gasteiger partial charge in [-0.25, -0.2) is 4.98 Å². The molecule has 0 saturated carbocycles. The lowest BCUT2D eigenvalue weighted by Gasteiger charge is -2.13. The Hall–Kier alpha value is -0.390. The summed E-state index contributed by atoms with van der Waals surface area (Å²) in [6, 6.07) is 3.36. The van der Waals surface area contributed by atoms with Crippen molar-refractivity contribution in [3.05, 3.63) is 49.1 Å². The van der Waals surface area contributed by atoms with Gasteiger partial charge in [-0.1, -0.05) is 58.0 Å². The highest BCUT2D eigenvalue weighted by Gasteiger charge is 2.34. The summed E-state index contributed by atoms with van der Waals surface area (Å²) in [5.41, 5.74) is -0.908. The standard InChI is InChI=1S/C12H3Cl5F3N/c13-5-2-7(15)6(14)1-4(5)10-8(16)3-9(12(18,19)20)21-11(10)17/h1-3H. The molecule has 2 aromatic rings. The molecule has 1 heterocycles. The van der Waals surface area contributed by atoms with E-state index in [1.54, 1.807) is 0 Å². The SMILES string of the molecule is FC(F)(F)c1cc(Cl)c(-c2cc(Cl)c(Cl)cc2Cl)c(Cl)n1. The van der Waals surface area contributed by atoms with Gasteiger partial charge in [-0.15, -0.1) is 0 Å². The zero-order valence-electron chi connectivity index (χ0n) is 9.70. The van der Waals surface area contributed by atoms with Crippen LogP contribution in [0.15, 0.2) is 18.2 Å². The lowest BCUT2D eigenvalue weighted by atomic mass is 10.1. The van der Waals surface area contributed by atoms with E-state index in [0.717, 1.165) is 0 Å². The number of rotatable bonds is 1. The predicted molar refractivity (Wildman–Crippen MR) is 79.7 cm³/mol. The van der Waals surface area contributed by atoms with Crippen LogP contribution < -0.4 is 0 Å². The van der Waals surface area contributed by atoms with Crippen LogP contribution in [-0.2, 0) is 6.18 Å². The van der Waals surface area contributed by atoms with Crippen LogP contribution in [-0.4, -0.2) is 4.98 Å². The maximum atomic E-state index is 12.6. The molecule has 0 fully saturated rings. The molecule has 0 bridgehead atoms. The second-order valence-corrected chi connectivity index (χ2v) is 5.89. The van der Waals surface area contributed by atoms with Crippen LogP contribution in [0.4, 0.5) is 13.2 Å². The second kappa shape index (κ2) is 6.01. The average Bonchev–Trinajstić information content (AvgIpc) is 2.33. The van der Waals surface area contributed by atoms with Crippen LogP contribution in [0.2, 0.25) is 25.2 Å². The van der Waals surface area contributed by atoms with Gasteiger partial charge >= 0.3 is 6.18 Å². The van der Waals surface area contributed by atoms with Crippen molar-refractivity contribution in [2.75, 3.05) is 0 Å². The van der Waals surface area contributed by atoms with E-state index in [1.165, 1.54) is 12.1 Å². The molecule has 2 rings (SSSR count). The summed E-state index contributed by atoms with van der Waals surface area (Å²) in [4.78, 5) is 3.30. The molecule has 1 aromatic heterocycles. The van der Waals surface area contributed by atoms with E-state index in [1.807, 2.05) is 0 Å². The number of halogens is 8. The Balaban J connectivity index is 2.69. The van der Waals surface area contributed by atoms with Gasteiger partial charge in [-0.05, 0) is 18.2 Å². The molecule has 112 valence electrons. The fourth-order valence-electron chi connectivity index (χ4n) is 1.58. The zero-order chi connectivity index (χ0) is 15.9. The largest absolute Gasteiger partial charge is 0.433 e. The summed E-state index contributed by atoms with van der Waals surface area (Å²) >= 11 is 29.3. The van der Waals surface area contributed by atoms with Crippen LogP contribution >= 0.6 is 58.0 Å². The fraction of sp³-hybridized carbons (Fsp3) is 0.0833. The quantitative estimate of drug-likeness (QED) is 0.373. The van der Waals surface area contributed by atoms with Crippen molar-refractivity contribution < 1.29 is 13.2 Å². The van der Waals surface area contributed by atoms with E-state index >= 15 is 0 Å². The molecule has 0 saturated heterocycles. The van der Waals surface area contributed by atoms with E-state index < -0.39 is 17.0 Å². The number of aromatic nitrogens is 1. The Labute approximate surface area is 142 Å². The van der Waals surface area contributed by atoms with Crippen LogP contribution in [0.25, 0.3) is 11.1 Å². The summed E-state index contributed by atoms with van der Waals surface area (Å²) in [5.74, 6) is 0. The first kappa shape index (κ1) is 17.0. The van der Waals surface area contributed by atoms with Crippen LogP contribution in [0.5, 0.6) is 0 Å². The summed E-state index contributed by atoms with van der Waals surface area (Å²) < 4.78 is 37.9. The number of alkyl halides is 3. The van der Waals surface area contributed by atoms with E-state index in [9.17, 15) is 13.2 Å². The fourth-order valence-corrected chi connectivity index (χ4v) is 2.86. The van der Waals surface area contributed by atoms with Crippen molar-refractivity contribution >= 4 is 58.0 Å². The third-order valence-electron chi connectivity index (χ3n) is 2.50. The van der Waals surface area contributed by atoms with Gasteiger partial charge in [0.05, 0.1) is 20.1 Å². The molecule has 0 spiro atoms. The van der Waals surface area contributed by atoms with Crippen molar-refractivity contribution in [1.82, 2.24) is 4.98 Å². The molecule has 0 amide bonds. The minimum absolute atomic E-state index is 0.0508. The van der Waals surface area contributed by atoms with Gasteiger partial charge in [0.1, 0.15) is 10.8 Å². The Kier molecular flexibility index (Phi) is 4.86. The van der Waals surface area contributed by atoms with E-state index in [4.69, 9.17) is 58.0 Å². The Morgan fingerprint density at radius 1 is 0.762 bits per heavy atom. The van der Waals surface area contributed by atoms with E-state index in [2.05, 4.69) is 4.98 Å². The van der Waals surface area contributed by atoms with Crippen molar-refractivity contribution in [3.63, 3.8) is 0 Å². The topological polar surface area (TPSA) is 12.9 Å². The molecule has 9 heteroatoms. The van der Waals surface area contributed by atoms with Crippen LogP contribution in [0.1, 0.15) is 5.69 Å². The smallest absolute Gasteiger partial charge is 0.231 e. The van der Waals surface area contributed by atoms with Crippen molar-refractivity contribution in [2.24, 2.45) is 0 Å². The highest BCUT2D eigenvalue weighted by atomic mass is 35.5. The molecule has 0 N–H and O–H groups in total. The summed E-state index contributed by atoms with van der Waals surface area (Å²) in [5, 5.41) is -0.201. The zero-order valence-corrected chi connectivity index (χ0v) is 13.5. The molecule has 1 aromatic carbocycles. The molecule has 0 aliphatic heterocycles. The molecule has 0 unspecified atom stereocenters. The van der Waals surface area contributed by atoms with Crippen molar-refractivity contribution in [2.45, 2.75) is 6.18 Å². The minimum atomic E-state index is -4.66. The van der Waals surface area contributed by atoms with Gasteiger partial charge in [-0.2, -0.15) is 13.2 Å². The third kappa shape index (κ3) is 3.51. The van der Waals surface area contributed by atoms with Crippen LogP contribution in [0.3, 0.4) is 0 Å². The Morgan fingerprint density at radius 2 is 1.33 bits per heavy atom. The second-order valence-electron chi connectivity index (χ2n) is 3.90. The molecule has 1 nitrogen and oxygen atoms in total. The lowest BCUT2D eigenvalue weighted by molar-refractivity contribution is -0.141. The molecule has 0 aliphatic rings. The van der Waals surface area contributed by atoms with Gasteiger partial charge < -0.3 is 0 Å².